The van der Waals surface area contributed by atoms with Gasteiger partial charge in [0.15, 0.2) is 0 Å². The maximum absolute atomic E-state index is 9.18. The first-order chi connectivity index (χ1) is 8.72. The van der Waals surface area contributed by atoms with E-state index in [4.69, 9.17) is 0 Å². The second-order valence-electron chi connectivity index (χ2n) is 4.66. The molecule has 0 amide bonds. The van der Waals surface area contributed by atoms with Gasteiger partial charge in [-0.3, -0.25) is 4.98 Å². The van der Waals surface area contributed by atoms with Crippen LogP contribution in [-0.2, 0) is 0 Å². The molecule has 1 heterocycles. The van der Waals surface area contributed by atoms with E-state index in [-0.39, 0.29) is 0 Å². The molecule has 0 N–H and O–H groups in total. The Balaban J connectivity index is 2.36. The fraction of sp³-hybridized carbons (Fsp3) is 0.333. The zero-order chi connectivity index (χ0) is 13.0. The number of rotatable bonds is 4. The largest absolute Gasteiger partial charge is 0.255 e. The number of nitrogens with zero attached hydrogens (tertiary/aromatic N) is 2. The van der Waals surface area contributed by atoms with Crippen molar-refractivity contribution in [1.82, 2.24) is 4.98 Å². The number of hydrogen-bond acceptors (Lipinski definition) is 3. The Morgan fingerprint density at radius 3 is 2.83 bits per heavy atom. The van der Waals surface area contributed by atoms with E-state index < -0.39 is 0 Å². The van der Waals surface area contributed by atoms with Crippen molar-refractivity contribution in [3.8, 4) is 6.07 Å². The van der Waals surface area contributed by atoms with E-state index >= 15 is 0 Å². The van der Waals surface area contributed by atoms with Crippen LogP contribution in [0.5, 0.6) is 0 Å². The first-order valence-corrected chi connectivity index (χ1v) is 7.11. The summed E-state index contributed by atoms with van der Waals surface area (Å²) in [7, 11) is 0. The highest BCUT2D eigenvalue weighted by Gasteiger charge is 2.09. The first-order valence-electron chi connectivity index (χ1n) is 6.13. The van der Waals surface area contributed by atoms with Crippen LogP contribution in [0.15, 0.2) is 35.4 Å². The van der Waals surface area contributed by atoms with Crippen molar-refractivity contribution >= 4 is 22.7 Å². The van der Waals surface area contributed by atoms with Gasteiger partial charge >= 0.3 is 0 Å². The zero-order valence-electron chi connectivity index (χ0n) is 10.7. The van der Waals surface area contributed by atoms with E-state index in [1.54, 1.807) is 18.0 Å². The van der Waals surface area contributed by atoms with Crippen molar-refractivity contribution in [1.29, 1.82) is 5.26 Å². The molecule has 0 unspecified atom stereocenters. The average molecular weight is 256 g/mol. The minimum Gasteiger partial charge on any atom is -0.255 e. The molecule has 0 spiro atoms. The number of thioether (sulfide) groups is 1. The van der Waals surface area contributed by atoms with Crippen LogP contribution in [0.2, 0.25) is 0 Å². The Morgan fingerprint density at radius 2 is 2.11 bits per heavy atom. The minimum absolute atomic E-state index is 0.683. The van der Waals surface area contributed by atoms with Gasteiger partial charge in [0.25, 0.3) is 0 Å². The third-order valence-corrected chi connectivity index (χ3v) is 3.96. The quantitative estimate of drug-likeness (QED) is 0.767. The van der Waals surface area contributed by atoms with Gasteiger partial charge in [0.05, 0.1) is 11.1 Å². The van der Waals surface area contributed by atoms with Crippen molar-refractivity contribution < 1.29 is 0 Å². The van der Waals surface area contributed by atoms with Crippen molar-refractivity contribution in [3.05, 3.63) is 36.0 Å². The monoisotopic (exact) mass is 256 g/mol. The molecule has 1 aromatic heterocycles. The summed E-state index contributed by atoms with van der Waals surface area (Å²) in [6.45, 7) is 4.44. The van der Waals surface area contributed by atoms with E-state index in [1.165, 1.54) is 0 Å². The van der Waals surface area contributed by atoms with E-state index in [9.17, 15) is 5.26 Å². The molecular weight excluding hydrogens is 240 g/mol. The van der Waals surface area contributed by atoms with Crippen LogP contribution in [0.4, 0.5) is 0 Å². The molecule has 0 bridgehead atoms. The van der Waals surface area contributed by atoms with Crippen molar-refractivity contribution in [2.75, 3.05) is 5.75 Å². The number of benzene rings is 1. The third-order valence-electron chi connectivity index (χ3n) is 2.79. The van der Waals surface area contributed by atoms with Gasteiger partial charge in [0, 0.05) is 16.5 Å². The molecule has 0 aliphatic heterocycles. The molecule has 2 rings (SSSR count). The Labute approximate surface area is 112 Å². The molecule has 0 radical (unpaired) electrons. The van der Waals surface area contributed by atoms with Gasteiger partial charge in [-0.15, -0.1) is 11.8 Å². The van der Waals surface area contributed by atoms with Gasteiger partial charge in [-0.2, -0.15) is 5.26 Å². The third kappa shape index (κ3) is 2.83. The van der Waals surface area contributed by atoms with Crippen LogP contribution in [0.3, 0.4) is 0 Å². The van der Waals surface area contributed by atoms with Gasteiger partial charge in [-0.25, -0.2) is 0 Å². The Hall–Kier alpha value is -1.53. The topological polar surface area (TPSA) is 36.7 Å². The van der Waals surface area contributed by atoms with Crippen molar-refractivity contribution in [3.63, 3.8) is 0 Å². The normalized spacial score (nSPS) is 10.8. The summed E-state index contributed by atoms with van der Waals surface area (Å²) in [6, 6.07) is 10.2. The van der Waals surface area contributed by atoms with Crippen LogP contribution in [-0.4, -0.2) is 10.7 Å². The van der Waals surface area contributed by atoms with Crippen LogP contribution < -0.4 is 0 Å². The van der Waals surface area contributed by atoms with Crippen LogP contribution >= 0.6 is 11.8 Å². The zero-order valence-corrected chi connectivity index (χ0v) is 11.5. The molecule has 18 heavy (non-hydrogen) atoms. The van der Waals surface area contributed by atoms with Crippen molar-refractivity contribution in [2.24, 2.45) is 5.92 Å². The number of hydrogen-bond donors (Lipinski definition) is 0. The molecule has 2 nitrogen and oxygen atoms in total. The number of nitriles is 1. The van der Waals surface area contributed by atoms with E-state index in [0.717, 1.165) is 28.0 Å². The Bertz CT molecular complexity index is 585. The van der Waals surface area contributed by atoms with Crippen LogP contribution in [0.1, 0.15) is 25.8 Å². The summed E-state index contributed by atoms with van der Waals surface area (Å²) in [4.78, 5) is 5.39. The summed E-state index contributed by atoms with van der Waals surface area (Å²) in [5.74, 6) is 1.73. The minimum atomic E-state index is 0.683. The fourth-order valence-corrected chi connectivity index (χ4v) is 3.12. The van der Waals surface area contributed by atoms with Gasteiger partial charge in [-0.05, 0) is 24.2 Å². The lowest BCUT2D eigenvalue weighted by atomic mass is 10.2. The number of fused-ring (bicyclic) bond motifs is 1. The van der Waals surface area contributed by atoms with Crippen LogP contribution in [0.25, 0.3) is 10.9 Å². The first kappa shape index (κ1) is 12.9. The maximum atomic E-state index is 9.18. The summed E-state index contributed by atoms with van der Waals surface area (Å²) < 4.78 is 0. The molecule has 0 atom stereocenters. The highest BCUT2D eigenvalue weighted by atomic mass is 32.2. The molecule has 3 heteroatoms. The molecule has 0 aliphatic rings. The van der Waals surface area contributed by atoms with Gasteiger partial charge in [-0.1, -0.05) is 32.0 Å². The maximum Gasteiger partial charge on any atom is 0.102 e. The highest BCUT2D eigenvalue weighted by Crippen LogP contribution is 2.30. The molecule has 0 aliphatic carbocycles. The fourth-order valence-electron chi connectivity index (χ4n) is 1.75. The lowest BCUT2D eigenvalue weighted by Gasteiger charge is -2.09. The van der Waals surface area contributed by atoms with Gasteiger partial charge in [0.2, 0.25) is 0 Å². The molecule has 2 aromatic rings. The van der Waals surface area contributed by atoms with Gasteiger partial charge < -0.3 is 0 Å². The summed E-state index contributed by atoms with van der Waals surface area (Å²) >= 11 is 1.77. The highest BCUT2D eigenvalue weighted by molar-refractivity contribution is 7.99. The second kappa shape index (κ2) is 5.88. The molecule has 0 saturated carbocycles. The van der Waals surface area contributed by atoms with E-state index in [0.29, 0.717) is 11.5 Å². The molecular formula is C15H16N2S. The predicted molar refractivity (Wildman–Crippen MR) is 76.6 cm³/mol. The SMILES string of the molecule is CC(C)CCSc1c(C#N)cnc2ccccc12. The Kier molecular flexibility index (Phi) is 4.22. The molecule has 0 saturated heterocycles. The van der Waals surface area contributed by atoms with E-state index in [1.807, 2.05) is 24.3 Å². The lowest BCUT2D eigenvalue weighted by molar-refractivity contribution is 0.632. The standard InChI is InChI=1S/C15H16N2S/c1-11(2)7-8-18-15-12(9-16)10-17-14-6-4-3-5-13(14)15/h3-6,10-11H,7-8H2,1-2H3. The smallest absolute Gasteiger partial charge is 0.102 e. The number of para-hydroxylation sites is 1. The molecule has 92 valence electrons. The Morgan fingerprint density at radius 1 is 1.33 bits per heavy atom. The van der Waals surface area contributed by atoms with Crippen molar-refractivity contribution in [2.45, 2.75) is 25.2 Å². The van der Waals surface area contributed by atoms with Crippen LogP contribution in [0, 0.1) is 17.2 Å². The lowest BCUT2D eigenvalue weighted by Crippen LogP contribution is -1.92. The predicted octanol–water partition coefficient (Wildman–Crippen LogP) is 4.24. The average Bonchev–Trinajstić information content (AvgIpc) is 2.38. The number of pyridine rings is 1. The second-order valence-corrected chi connectivity index (χ2v) is 5.77. The number of aromatic nitrogens is 1. The molecule has 1 aromatic carbocycles. The summed E-state index contributed by atoms with van der Waals surface area (Å²) in [5.41, 5.74) is 1.64. The summed E-state index contributed by atoms with van der Waals surface area (Å²) in [5, 5.41) is 10.3. The van der Waals surface area contributed by atoms with E-state index in [2.05, 4.69) is 24.9 Å². The van der Waals surface area contributed by atoms with Gasteiger partial charge in [0.1, 0.15) is 6.07 Å². The molecule has 0 fully saturated rings. The summed E-state index contributed by atoms with van der Waals surface area (Å²) in [6.07, 6.45) is 2.84.